The fourth-order valence-corrected chi connectivity index (χ4v) is 8.76. The van der Waals surface area contributed by atoms with Gasteiger partial charge in [0, 0.05) is 105 Å². The van der Waals surface area contributed by atoms with Gasteiger partial charge in [-0.25, -0.2) is 19.2 Å². The Bertz CT molecular complexity index is 1740. The predicted molar refractivity (Wildman–Crippen MR) is 262 cm³/mol. The summed E-state index contributed by atoms with van der Waals surface area (Å²) in [5, 5.41) is 51.8. The monoisotopic (exact) mass is 1060 g/mol. The van der Waals surface area contributed by atoms with E-state index in [1.165, 1.54) is 43.4 Å². The molecule has 0 saturated carbocycles. The van der Waals surface area contributed by atoms with Crippen LogP contribution in [-0.2, 0) is 85.6 Å². The number of hydrogen-bond donors (Lipinski definition) is 5. The average molecular weight is 1060 g/mol. The molecule has 5 heterocycles. The average Bonchev–Trinajstić information content (AvgIpc) is 3.26. The predicted octanol–water partition coefficient (Wildman–Crippen LogP) is 5.31. The number of nitrogens with zero attached hydrogens (tertiary/aromatic N) is 4. The second kappa shape index (κ2) is 29.3. The van der Waals surface area contributed by atoms with Gasteiger partial charge < -0.3 is 61.1 Å². The molecule has 5 N–H and O–H groups in total. The van der Waals surface area contributed by atoms with Gasteiger partial charge in [0.1, 0.15) is 18.0 Å². The quantitative estimate of drug-likeness (QED) is 0.0960. The van der Waals surface area contributed by atoms with Crippen LogP contribution in [0, 0.1) is 6.92 Å². The minimum Gasteiger partial charge on any atom is -0.507 e. The number of rotatable bonds is 8. The van der Waals surface area contributed by atoms with Crippen LogP contribution in [0.3, 0.4) is 0 Å². The number of aromatic hydroxyl groups is 1. The fourth-order valence-electron chi connectivity index (χ4n) is 8.76. The van der Waals surface area contributed by atoms with E-state index in [9.17, 15) is 39.8 Å². The van der Waals surface area contributed by atoms with E-state index in [-0.39, 0.29) is 48.7 Å². The number of piperidine rings is 2. The van der Waals surface area contributed by atoms with Gasteiger partial charge in [-0.15, -0.1) is 0 Å². The van der Waals surface area contributed by atoms with Crippen LogP contribution in [0.1, 0.15) is 146 Å². The second-order valence-corrected chi connectivity index (χ2v) is 21.6. The number of ether oxygens (including phenoxy) is 6. The summed E-state index contributed by atoms with van der Waals surface area (Å²) in [6.45, 7) is 39.0. The molecule has 5 aliphatic rings. The molecule has 71 heavy (non-hydrogen) atoms. The molecular weight excluding hydrogens is 974 g/mol. The Morgan fingerprint density at radius 3 is 1.54 bits per heavy atom. The Kier molecular flexibility index (Phi) is 27.3. The fraction of sp³-hybridized carbons (Fsp3) is 0.784. The Morgan fingerprint density at radius 2 is 1.17 bits per heavy atom. The van der Waals surface area contributed by atoms with Crippen molar-refractivity contribution in [2.45, 2.75) is 207 Å². The van der Waals surface area contributed by atoms with Gasteiger partial charge in [0.2, 0.25) is 0 Å². The molecule has 5 aliphatic heterocycles. The number of esters is 4. The minimum atomic E-state index is -1.29. The van der Waals surface area contributed by atoms with Crippen molar-refractivity contribution in [3.63, 3.8) is 0 Å². The molecule has 5 saturated heterocycles. The SMILES string of the molecule is CC(C)(C)c1cc(CN2CCOCC2)c(O)c(CN2CCOCC2)c1.CC1CC(O)CC(C)(C)N1O.C[C@@H]1OC(=O)[C@H](C)OC1=O.C[C@H](O)C(=O)O[C@@H](C)C(=O)OC1CC(C)(C)N(O)C(C)(C)C1.[CH2-]C.[Zn]. The molecule has 406 valence electrons. The van der Waals surface area contributed by atoms with Crippen LogP contribution >= 0.6 is 0 Å². The third kappa shape index (κ3) is 21.1. The number of phenolic OH excluding ortho intramolecular Hbond substituents is 1. The van der Waals surface area contributed by atoms with Crippen LogP contribution in [0.15, 0.2) is 12.1 Å². The molecule has 6 atom stereocenters. The molecule has 0 bridgehead atoms. The van der Waals surface area contributed by atoms with Gasteiger partial charge in [-0.3, -0.25) is 9.80 Å². The van der Waals surface area contributed by atoms with Crippen molar-refractivity contribution >= 4 is 23.9 Å². The van der Waals surface area contributed by atoms with E-state index in [2.05, 4.69) is 59.1 Å². The molecule has 1 aromatic rings. The molecule has 2 unspecified atom stereocenters. The number of phenols is 1. The van der Waals surface area contributed by atoms with Crippen molar-refractivity contribution < 1.29 is 92.8 Å². The van der Waals surface area contributed by atoms with Crippen molar-refractivity contribution in [2.24, 2.45) is 0 Å². The first-order valence-electron chi connectivity index (χ1n) is 24.7. The zero-order chi connectivity index (χ0) is 53.5. The maximum absolute atomic E-state index is 12.0. The van der Waals surface area contributed by atoms with Gasteiger partial charge in [-0.2, -0.15) is 17.1 Å². The first-order chi connectivity index (χ1) is 32.3. The van der Waals surface area contributed by atoms with Crippen LogP contribution in [0.25, 0.3) is 0 Å². The number of hydrogen-bond acceptors (Lipinski definition) is 19. The van der Waals surface area contributed by atoms with E-state index >= 15 is 0 Å². The van der Waals surface area contributed by atoms with Crippen molar-refractivity contribution in [1.82, 2.24) is 19.9 Å². The maximum atomic E-state index is 12.0. The van der Waals surface area contributed by atoms with Gasteiger partial charge in [0.15, 0.2) is 18.3 Å². The zero-order valence-electron chi connectivity index (χ0n) is 45.6. The summed E-state index contributed by atoms with van der Waals surface area (Å²) >= 11 is 0. The molecule has 0 radical (unpaired) electrons. The summed E-state index contributed by atoms with van der Waals surface area (Å²) in [6.07, 6.45) is -2.25. The van der Waals surface area contributed by atoms with Gasteiger partial charge >= 0.3 is 23.9 Å². The molecule has 5 fully saturated rings. The van der Waals surface area contributed by atoms with E-state index in [4.69, 9.17) is 24.1 Å². The maximum Gasteiger partial charge on any atom is 0.347 e. The van der Waals surface area contributed by atoms with E-state index in [1.54, 1.807) is 6.92 Å². The van der Waals surface area contributed by atoms with E-state index < -0.39 is 59.4 Å². The van der Waals surface area contributed by atoms with Crippen molar-refractivity contribution in [3.8, 4) is 5.75 Å². The number of benzene rings is 1. The van der Waals surface area contributed by atoms with Crippen molar-refractivity contribution in [2.75, 3.05) is 52.6 Å². The summed E-state index contributed by atoms with van der Waals surface area (Å²) in [5.74, 6) is -2.02. The smallest absolute Gasteiger partial charge is 0.347 e. The first kappa shape index (κ1) is 66.1. The Labute approximate surface area is 436 Å². The van der Waals surface area contributed by atoms with Crippen molar-refractivity contribution in [1.29, 1.82) is 0 Å². The second-order valence-electron chi connectivity index (χ2n) is 21.6. The van der Waals surface area contributed by atoms with E-state index in [0.717, 1.165) is 76.8 Å². The molecule has 0 aliphatic carbocycles. The number of aliphatic hydroxyl groups is 2. The molecule has 0 amide bonds. The van der Waals surface area contributed by atoms with Gasteiger partial charge in [-0.1, -0.05) is 32.9 Å². The van der Waals surface area contributed by atoms with Crippen LogP contribution in [0.2, 0.25) is 0 Å². The van der Waals surface area contributed by atoms with E-state index in [0.29, 0.717) is 31.4 Å². The Balaban J connectivity index is 0.000000496. The Morgan fingerprint density at radius 1 is 0.761 bits per heavy atom. The number of morpholine rings is 2. The topological polar surface area (TPSA) is 238 Å². The molecule has 6 rings (SSSR count). The summed E-state index contributed by atoms with van der Waals surface area (Å²) in [4.78, 5) is 49.3. The van der Waals surface area contributed by atoms with Crippen molar-refractivity contribution in [3.05, 3.63) is 35.7 Å². The molecule has 1 aromatic carbocycles. The van der Waals surface area contributed by atoms with Crippen LogP contribution in [-0.4, -0.2) is 181 Å². The van der Waals surface area contributed by atoms with Gasteiger partial charge in [-0.05, 0) is 100.0 Å². The summed E-state index contributed by atoms with van der Waals surface area (Å²) in [7, 11) is 0. The molecule has 20 heteroatoms. The molecule has 0 aromatic heterocycles. The minimum absolute atomic E-state index is 0. The summed E-state index contributed by atoms with van der Waals surface area (Å²) in [6, 6.07) is 4.44. The number of carbonyl (C=O) groups is 4. The third-order valence-corrected chi connectivity index (χ3v) is 12.6. The molecular formula is C51H89N4O15Zn-. The van der Waals surface area contributed by atoms with Gasteiger partial charge in [0.05, 0.1) is 32.5 Å². The standard InChI is InChI=1S/C20H32N2O3.C15H27NO6.C8H17NO2.C6H8O4.C2H5.Zn/c1-20(2,3)18-12-16(14-21-4-8-24-9-5-21)19(23)17(13-18)15-22-6-10-25-11-7-22;1-9(17)12(18)21-10(2)13(19)22-11-7-14(3,4)16(20)15(5,6)8-11;1-6-4-7(10)5-8(2,3)9(6)11;1-3-5(7)10-4(2)6(8)9-3;1-2;/h12-13,23H,4-11,14-15H2,1-3H3;9-11,17,20H,7-8H2,1-6H3;6-7,10-11H,4-5H2,1-3H3;3-4H,1-2H3;1H2,2H3;/q;;;;-1;/t;9-,10-;;3-,4-;;/m.0.0../s1. The van der Waals surface area contributed by atoms with Gasteiger partial charge in [0.25, 0.3) is 0 Å². The third-order valence-electron chi connectivity index (χ3n) is 12.6. The van der Waals surface area contributed by atoms with Crippen LogP contribution in [0.4, 0.5) is 0 Å². The van der Waals surface area contributed by atoms with Crippen LogP contribution in [0.5, 0.6) is 5.75 Å². The molecule has 19 nitrogen and oxygen atoms in total. The number of carbonyl (C=O) groups excluding carboxylic acids is 4. The summed E-state index contributed by atoms with van der Waals surface area (Å²) < 4.78 is 30.3. The number of aliphatic hydroxyl groups excluding tert-OH is 2. The first-order valence-corrected chi connectivity index (χ1v) is 24.7. The summed E-state index contributed by atoms with van der Waals surface area (Å²) in [5.41, 5.74) is 2.08. The number of hydroxylamine groups is 4. The normalized spacial score (nSPS) is 25.6. The molecule has 0 spiro atoms. The zero-order valence-corrected chi connectivity index (χ0v) is 48.6. The Hall–Kier alpha value is -2.88. The largest absolute Gasteiger partial charge is 0.507 e. The van der Waals surface area contributed by atoms with E-state index in [1.807, 2.05) is 48.5 Å². The number of cyclic esters (lactones) is 2. The van der Waals surface area contributed by atoms with Crippen LogP contribution < -0.4 is 0 Å².